The maximum absolute atomic E-state index is 14.2. The van der Waals surface area contributed by atoms with Crippen LogP contribution in [-0.4, -0.2) is 21.6 Å². The molecular formula is C27H19FN4O2. The molecule has 0 radical (unpaired) electrons. The summed E-state index contributed by atoms with van der Waals surface area (Å²) in [6, 6.07) is 28.0. The molecule has 0 unspecified atom stereocenters. The maximum Gasteiger partial charge on any atom is 0.261 e. The molecule has 6 nitrogen and oxygen atoms in total. The van der Waals surface area contributed by atoms with Crippen LogP contribution in [0.4, 0.5) is 15.9 Å². The Morgan fingerprint density at radius 1 is 0.706 bits per heavy atom. The van der Waals surface area contributed by atoms with E-state index in [2.05, 4.69) is 15.7 Å². The van der Waals surface area contributed by atoms with Gasteiger partial charge in [-0.2, -0.15) is 5.10 Å². The number of anilines is 2. The predicted octanol–water partition coefficient (Wildman–Crippen LogP) is 5.67. The second-order valence-electron chi connectivity index (χ2n) is 7.57. The van der Waals surface area contributed by atoms with Crippen molar-refractivity contribution in [1.29, 1.82) is 0 Å². The van der Waals surface area contributed by atoms with Gasteiger partial charge in [0.1, 0.15) is 17.2 Å². The highest BCUT2D eigenvalue weighted by molar-refractivity contribution is 6.14. The zero-order chi connectivity index (χ0) is 23.5. The average Bonchev–Trinajstić information content (AvgIpc) is 3.28. The van der Waals surface area contributed by atoms with Crippen molar-refractivity contribution in [2.45, 2.75) is 0 Å². The quantitative estimate of drug-likeness (QED) is 0.362. The Morgan fingerprint density at radius 2 is 1.38 bits per heavy atom. The Bertz CT molecular complexity index is 1510. The molecule has 1 heterocycles. The summed E-state index contributed by atoms with van der Waals surface area (Å²) in [5.41, 5.74) is 1.27. The molecular weight excluding hydrogens is 431 g/mol. The van der Waals surface area contributed by atoms with E-state index < -0.39 is 17.6 Å². The van der Waals surface area contributed by atoms with Crippen molar-refractivity contribution in [2.24, 2.45) is 0 Å². The summed E-state index contributed by atoms with van der Waals surface area (Å²) >= 11 is 0. The zero-order valence-electron chi connectivity index (χ0n) is 17.9. The number of nitrogens with one attached hydrogen (secondary N) is 2. The van der Waals surface area contributed by atoms with Crippen LogP contribution in [0.5, 0.6) is 0 Å². The van der Waals surface area contributed by atoms with Crippen molar-refractivity contribution in [3.05, 3.63) is 120 Å². The SMILES string of the molecule is O=C(Nc1c(C(=O)Nc2cccc3ccccc23)cnn1-c1ccccc1)c1ccccc1F. The van der Waals surface area contributed by atoms with Gasteiger partial charge in [0.2, 0.25) is 0 Å². The lowest BCUT2D eigenvalue weighted by molar-refractivity contribution is 0.102. The molecule has 0 aliphatic heterocycles. The number of fused-ring (bicyclic) bond motifs is 1. The first-order chi connectivity index (χ1) is 16.6. The summed E-state index contributed by atoms with van der Waals surface area (Å²) in [5.74, 6) is -1.66. The molecule has 1 aromatic heterocycles. The third-order valence-corrected chi connectivity index (χ3v) is 5.40. The van der Waals surface area contributed by atoms with Crippen LogP contribution in [0.2, 0.25) is 0 Å². The van der Waals surface area contributed by atoms with Crippen LogP contribution >= 0.6 is 0 Å². The molecule has 2 amide bonds. The molecule has 0 atom stereocenters. The number of para-hydroxylation sites is 1. The van der Waals surface area contributed by atoms with Crippen LogP contribution in [0.25, 0.3) is 16.5 Å². The molecule has 0 bridgehead atoms. The van der Waals surface area contributed by atoms with E-state index in [0.717, 1.165) is 10.8 Å². The van der Waals surface area contributed by atoms with Crippen LogP contribution < -0.4 is 10.6 Å². The van der Waals surface area contributed by atoms with E-state index in [1.54, 1.807) is 24.3 Å². The van der Waals surface area contributed by atoms with Crippen molar-refractivity contribution < 1.29 is 14.0 Å². The second kappa shape index (κ2) is 8.99. The Kier molecular flexibility index (Phi) is 5.58. The molecule has 34 heavy (non-hydrogen) atoms. The third kappa shape index (κ3) is 4.02. The molecule has 166 valence electrons. The van der Waals surface area contributed by atoms with Crippen molar-refractivity contribution >= 4 is 34.1 Å². The maximum atomic E-state index is 14.2. The largest absolute Gasteiger partial charge is 0.321 e. The monoisotopic (exact) mass is 450 g/mol. The normalized spacial score (nSPS) is 10.7. The number of hydrogen-bond acceptors (Lipinski definition) is 3. The van der Waals surface area contributed by atoms with E-state index in [0.29, 0.717) is 11.4 Å². The first-order valence-electron chi connectivity index (χ1n) is 10.6. The fourth-order valence-corrected chi connectivity index (χ4v) is 3.74. The lowest BCUT2D eigenvalue weighted by atomic mass is 10.1. The van der Waals surface area contributed by atoms with Crippen molar-refractivity contribution in [1.82, 2.24) is 9.78 Å². The Morgan fingerprint density at radius 3 is 2.21 bits per heavy atom. The van der Waals surface area contributed by atoms with E-state index in [4.69, 9.17) is 0 Å². The number of benzene rings is 4. The molecule has 7 heteroatoms. The minimum Gasteiger partial charge on any atom is -0.321 e. The summed E-state index contributed by atoms with van der Waals surface area (Å²) in [6.07, 6.45) is 1.38. The number of halogens is 1. The lowest BCUT2D eigenvalue weighted by Gasteiger charge is -2.13. The zero-order valence-corrected chi connectivity index (χ0v) is 17.9. The standard InChI is InChI=1S/C27H19FN4O2/c28-23-15-7-6-14-21(23)26(33)31-25-22(17-29-32(25)19-11-2-1-3-12-19)27(34)30-24-16-8-10-18-9-4-5-13-20(18)24/h1-17H,(H,30,34)(H,31,33). The number of amides is 2. The van der Waals surface area contributed by atoms with Crippen LogP contribution in [0.3, 0.4) is 0 Å². The van der Waals surface area contributed by atoms with Gasteiger partial charge >= 0.3 is 0 Å². The van der Waals surface area contributed by atoms with E-state index in [9.17, 15) is 14.0 Å². The number of hydrogen-bond donors (Lipinski definition) is 2. The van der Waals surface area contributed by atoms with Crippen molar-refractivity contribution in [3.63, 3.8) is 0 Å². The fourth-order valence-electron chi connectivity index (χ4n) is 3.74. The average molecular weight is 450 g/mol. The van der Waals surface area contributed by atoms with Crippen LogP contribution in [0, 0.1) is 5.82 Å². The van der Waals surface area contributed by atoms with Crippen LogP contribution in [-0.2, 0) is 0 Å². The van der Waals surface area contributed by atoms with Gasteiger partial charge in [-0.3, -0.25) is 9.59 Å². The smallest absolute Gasteiger partial charge is 0.261 e. The Hall–Kier alpha value is -4.78. The molecule has 0 fully saturated rings. The van der Waals surface area contributed by atoms with Crippen molar-refractivity contribution in [3.8, 4) is 5.69 Å². The summed E-state index contributed by atoms with van der Waals surface area (Å²) in [4.78, 5) is 26.2. The van der Waals surface area contributed by atoms with Gasteiger partial charge < -0.3 is 10.6 Å². The topological polar surface area (TPSA) is 76.0 Å². The summed E-state index contributed by atoms with van der Waals surface area (Å²) < 4.78 is 15.7. The Labute approximate surface area is 194 Å². The van der Waals surface area contributed by atoms with Gasteiger partial charge in [-0.1, -0.05) is 66.7 Å². The number of rotatable bonds is 5. The second-order valence-corrected chi connectivity index (χ2v) is 7.57. The van der Waals surface area contributed by atoms with Gasteiger partial charge in [0.25, 0.3) is 11.8 Å². The highest BCUT2D eigenvalue weighted by Crippen LogP contribution is 2.26. The summed E-state index contributed by atoms with van der Waals surface area (Å²) in [7, 11) is 0. The van der Waals surface area contributed by atoms with Gasteiger partial charge in [-0.05, 0) is 35.7 Å². The van der Waals surface area contributed by atoms with Gasteiger partial charge in [-0.25, -0.2) is 9.07 Å². The van der Waals surface area contributed by atoms with E-state index in [1.807, 2.05) is 54.6 Å². The number of aromatic nitrogens is 2. The highest BCUT2D eigenvalue weighted by Gasteiger charge is 2.22. The first-order valence-corrected chi connectivity index (χ1v) is 10.6. The minimum atomic E-state index is -0.685. The third-order valence-electron chi connectivity index (χ3n) is 5.40. The molecule has 0 spiro atoms. The predicted molar refractivity (Wildman–Crippen MR) is 130 cm³/mol. The highest BCUT2D eigenvalue weighted by atomic mass is 19.1. The number of nitrogens with zero attached hydrogens (tertiary/aromatic N) is 2. The minimum absolute atomic E-state index is 0.135. The molecule has 5 rings (SSSR count). The molecule has 4 aromatic carbocycles. The van der Waals surface area contributed by atoms with Crippen LogP contribution in [0.15, 0.2) is 103 Å². The fraction of sp³-hybridized carbons (Fsp3) is 0. The molecule has 0 saturated carbocycles. The molecule has 5 aromatic rings. The van der Waals surface area contributed by atoms with E-state index in [-0.39, 0.29) is 16.9 Å². The van der Waals surface area contributed by atoms with Gasteiger partial charge in [0, 0.05) is 11.1 Å². The van der Waals surface area contributed by atoms with E-state index >= 15 is 0 Å². The van der Waals surface area contributed by atoms with Crippen molar-refractivity contribution in [2.75, 3.05) is 10.6 Å². The van der Waals surface area contributed by atoms with Gasteiger partial charge in [-0.15, -0.1) is 0 Å². The molecule has 0 aliphatic carbocycles. The van der Waals surface area contributed by atoms with E-state index in [1.165, 1.54) is 29.1 Å². The van der Waals surface area contributed by atoms with Gasteiger partial charge in [0.05, 0.1) is 17.4 Å². The van der Waals surface area contributed by atoms with Crippen LogP contribution in [0.1, 0.15) is 20.7 Å². The first kappa shape index (κ1) is 21.1. The summed E-state index contributed by atoms with van der Waals surface area (Å²) in [6.45, 7) is 0. The number of carbonyl (C=O) groups excluding carboxylic acids is 2. The Balaban J connectivity index is 1.54. The lowest BCUT2D eigenvalue weighted by Crippen LogP contribution is -2.20. The molecule has 0 saturated heterocycles. The molecule has 2 N–H and O–H groups in total. The number of carbonyl (C=O) groups is 2. The van der Waals surface area contributed by atoms with Gasteiger partial charge in [0.15, 0.2) is 0 Å². The summed E-state index contributed by atoms with van der Waals surface area (Å²) in [5, 5.41) is 11.8. The molecule has 0 aliphatic rings.